The summed E-state index contributed by atoms with van der Waals surface area (Å²) < 4.78 is 156. The van der Waals surface area contributed by atoms with Gasteiger partial charge in [0.2, 0.25) is 0 Å². The highest BCUT2D eigenvalue weighted by molar-refractivity contribution is 7.00. The summed E-state index contributed by atoms with van der Waals surface area (Å²) in [7, 11) is 0. The average Bonchev–Trinajstić information content (AvgIpc) is 1.12. The van der Waals surface area contributed by atoms with Crippen molar-refractivity contribution in [3.63, 3.8) is 0 Å². The van der Waals surface area contributed by atoms with Gasteiger partial charge in [-0.25, -0.2) is 0 Å². The quantitative estimate of drug-likeness (QED) is 0.127. The van der Waals surface area contributed by atoms with Crippen LogP contribution in [0, 0.1) is 0 Å². The van der Waals surface area contributed by atoms with Gasteiger partial charge in [-0.2, -0.15) is 0 Å². The zero-order chi connectivity index (χ0) is 86.5. The Morgan fingerprint density at radius 2 is 0.523 bits per heavy atom. The molecule has 17 aromatic rings. The Hall–Kier alpha value is -12.4. The van der Waals surface area contributed by atoms with E-state index in [4.69, 9.17) is 5.48 Å². The van der Waals surface area contributed by atoms with Gasteiger partial charge < -0.3 is 18.9 Å². The molecule has 19 rings (SSSR count). The molecule has 0 radical (unpaired) electrons. The maximum atomic E-state index is 9.96. The van der Waals surface area contributed by atoms with E-state index in [1.807, 2.05) is 109 Å². The van der Waals surface area contributed by atoms with Crippen molar-refractivity contribution >= 4 is 101 Å². The molecule has 0 saturated heterocycles. The number of anilines is 6. The molecule has 0 atom stereocenters. The van der Waals surface area contributed by atoms with Crippen LogP contribution in [0.25, 0.3) is 122 Å². The first-order valence-electron chi connectivity index (χ1n) is 44.5. The SMILES string of the molecule is [2H]c1c([2H])c([2H])c2c(c1[2H])c1c([2H])c([2H])c([2H])c([2H])c1n2-c1ccc2c(c1)N(c1c(-c3ccccc3)cc(C(C)(C)C)cc1-c1ccccc1)c1cc(C(C)(C)C)cc3c1B2c1ccc(-n2c4c([2H])c([2H])c([2H])c([2H])c4c4c([2H])c([2H])c([2H])c([2H])c42)cc1N3c1c(-c2ccc(-c3ccccc3)cc2)cc(C(C)(C)C)cc1-c1ccc(-c2ccccc2)cc1. The van der Waals surface area contributed by atoms with E-state index in [1.165, 1.54) is 0 Å². The molecule has 4 nitrogen and oxygen atoms in total. The van der Waals surface area contributed by atoms with E-state index in [0.29, 0.717) is 22.7 Å². The van der Waals surface area contributed by atoms with Crippen LogP contribution in [0.5, 0.6) is 0 Å². The van der Waals surface area contributed by atoms with Crippen molar-refractivity contribution in [1.29, 1.82) is 0 Å². The Morgan fingerprint density at radius 1 is 0.262 bits per heavy atom. The number of fused-ring (bicyclic) bond motifs is 10. The molecule has 0 bridgehead atoms. The van der Waals surface area contributed by atoms with Crippen LogP contribution < -0.4 is 26.2 Å². The normalized spacial score (nSPS) is 14.9. The third-order valence-corrected chi connectivity index (χ3v) is 21.7. The fourth-order valence-corrected chi connectivity index (χ4v) is 16.2. The number of hydrogen-bond acceptors (Lipinski definition) is 2. The molecule has 2 aromatic heterocycles. The number of para-hydroxylation sites is 4. The largest absolute Gasteiger partial charge is 0.310 e. The van der Waals surface area contributed by atoms with E-state index >= 15 is 0 Å². The highest BCUT2D eigenvalue weighted by Crippen LogP contribution is 2.56. The number of nitrogens with zero attached hydrogens (tertiary/aromatic N) is 4. The van der Waals surface area contributed by atoms with Gasteiger partial charge in [0.05, 0.1) is 55.4 Å². The Balaban J connectivity index is 1.03. The third-order valence-electron chi connectivity index (χ3n) is 21.7. The number of benzene rings is 15. The second-order valence-corrected chi connectivity index (χ2v) is 31.3. The lowest BCUT2D eigenvalue weighted by Gasteiger charge is -2.47. The van der Waals surface area contributed by atoms with Crippen molar-refractivity contribution in [2.45, 2.75) is 78.6 Å². The van der Waals surface area contributed by atoms with Crippen LogP contribution in [-0.2, 0) is 16.2 Å². The van der Waals surface area contributed by atoms with E-state index in [-0.39, 0.29) is 43.6 Å². The topological polar surface area (TPSA) is 16.3 Å². The maximum absolute atomic E-state index is 9.96. The molecule has 0 N–H and O–H groups in total. The van der Waals surface area contributed by atoms with Gasteiger partial charge in [-0.1, -0.05) is 317 Å². The Morgan fingerprint density at radius 3 is 0.832 bits per heavy atom. The van der Waals surface area contributed by atoms with Crippen LogP contribution in [0.2, 0.25) is 0 Å². The molecule has 0 saturated carbocycles. The second kappa shape index (κ2) is 25.1. The number of hydrogen-bond donors (Lipinski definition) is 0. The summed E-state index contributed by atoms with van der Waals surface area (Å²) in [5.41, 5.74) is 19.5. The van der Waals surface area contributed by atoms with Gasteiger partial charge in [0.1, 0.15) is 0 Å². The molecule has 4 heterocycles. The van der Waals surface area contributed by atoms with Crippen LogP contribution in [0.15, 0.2) is 339 Å². The van der Waals surface area contributed by atoms with Gasteiger partial charge in [0.25, 0.3) is 6.71 Å². The molecule has 0 aliphatic carbocycles. The monoisotopic (exact) mass is 1390 g/mol. The molecule has 0 unspecified atom stereocenters. The minimum absolute atomic E-state index is 0.0491. The van der Waals surface area contributed by atoms with E-state index in [0.717, 1.165) is 123 Å². The van der Waals surface area contributed by atoms with Crippen molar-refractivity contribution in [1.82, 2.24) is 9.13 Å². The molecular weight excluding hydrogens is 1290 g/mol. The van der Waals surface area contributed by atoms with E-state index in [2.05, 4.69) is 206 Å². The highest BCUT2D eigenvalue weighted by atomic mass is 15.2. The van der Waals surface area contributed by atoms with E-state index in [9.17, 15) is 16.4 Å². The summed E-state index contributed by atoms with van der Waals surface area (Å²) >= 11 is 0. The van der Waals surface area contributed by atoms with Crippen LogP contribution in [0.4, 0.5) is 34.1 Å². The standard InChI is InChI=1S/C102H83BN4/c1-100(2,3)74-58-83(70-34-18-12-19-35-70)98(84(59-74)71-36-20-13-21-37-71)106-93-64-77(104-89-42-26-22-38-79(89)80-39-23-27-43-90(80)104)54-56-87(93)103-88-57-55-78(105-91-44-28-24-40-81(91)82-41-25-29-45-92(82)105)65-94(88)107(96-63-76(102(7,8)9)62-95(106)97(96)103)99-85(72-50-46-68(47-51-72)66-30-14-10-15-31-66)60-75(101(4,5)6)61-86(99)73-52-48-69(49-53-73)67-32-16-11-17-33-67/h10-65H,1-9H3/i22D,23D,24D,25D,26D,27D,28D,29D,38D,39D,40D,41D,42D,43D,44D,45D. The molecule has 514 valence electrons. The molecule has 0 spiro atoms. The molecule has 2 aliphatic heterocycles. The molecule has 5 heteroatoms. The first-order chi connectivity index (χ1) is 58.6. The minimum Gasteiger partial charge on any atom is -0.310 e. The molecule has 0 fully saturated rings. The number of rotatable bonds is 10. The summed E-state index contributed by atoms with van der Waals surface area (Å²) in [4.78, 5) is 4.72. The Labute approximate surface area is 651 Å². The van der Waals surface area contributed by atoms with Gasteiger partial charge in [0, 0.05) is 77.9 Å². The van der Waals surface area contributed by atoms with Crippen LogP contribution in [0.3, 0.4) is 0 Å². The van der Waals surface area contributed by atoms with Gasteiger partial charge in [-0.3, -0.25) is 0 Å². The van der Waals surface area contributed by atoms with Crippen molar-refractivity contribution in [2.75, 3.05) is 9.80 Å². The summed E-state index contributed by atoms with van der Waals surface area (Å²) in [5.74, 6) is 0. The van der Waals surface area contributed by atoms with E-state index < -0.39 is 120 Å². The summed E-state index contributed by atoms with van der Waals surface area (Å²) in [6.45, 7) is 19.1. The van der Waals surface area contributed by atoms with Gasteiger partial charge in [-0.15, -0.1) is 0 Å². The van der Waals surface area contributed by atoms with Crippen molar-refractivity contribution in [3.05, 3.63) is 356 Å². The molecule has 2 aliphatic rings. The van der Waals surface area contributed by atoms with E-state index in [1.54, 1.807) is 9.13 Å². The summed E-state index contributed by atoms with van der Waals surface area (Å²) in [6, 6.07) is 75.9. The summed E-state index contributed by atoms with van der Waals surface area (Å²) in [6.07, 6.45) is 0. The van der Waals surface area contributed by atoms with Gasteiger partial charge in [0.15, 0.2) is 0 Å². The molecular formula is C102H83BN4. The second-order valence-electron chi connectivity index (χ2n) is 31.3. The highest BCUT2D eigenvalue weighted by Gasteiger charge is 2.47. The predicted octanol–water partition coefficient (Wildman–Crippen LogP) is 25.9. The Bertz CT molecular complexity index is 7040. The molecule has 107 heavy (non-hydrogen) atoms. The third kappa shape index (κ3) is 11.0. The average molecular weight is 1390 g/mol. The zero-order valence-corrected chi connectivity index (χ0v) is 61.0. The predicted molar refractivity (Wildman–Crippen MR) is 458 cm³/mol. The summed E-state index contributed by atoms with van der Waals surface area (Å²) in [5, 5.41) is -0.292. The van der Waals surface area contributed by atoms with Crippen molar-refractivity contribution in [2.24, 2.45) is 0 Å². The first-order valence-corrected chi connectivity index (χ1v) is 36.5. The molecule has 0 amide bonds. The number of aromatic nitrogens is 2. The van der Waals surface area contributed by atoms with Crippen LogP contribution >= 0.6 is 0 Å². The lowest BCUT2D eigenvalue weighted by Crippen LogP contribution is -2.61. The maximum Gasteiger partial charge on any atom is 0.252 e. The van der Waals surface area contributed by atoms with Crippen molar-refractivity contribution < 1.29 is 21.9 Å². The first kappa shape index (κ1) is 50.1. The Kier molecular flexibility index (Phi) is 11.8. The van der Waals surface area contributed by atoms with Crippen LogP contribution in [-0.4, -0.2) is 15.8 Å². The fourth-order valence-electron chi connectivity index (χ4n) is 16.2. The van der Waals surface area contributed by atoms with Crippen LogP contribution in [0.1, 0.15) is 101 Å². The van der Waals surface area contributed by atoms with Gasteiger partial charge >= 0.3 is 0 Å². The van der Waals surface area contributed by atoms with Crippen molar-refractivity contribution in [3.8, 4) is 78.1 Å². The fraction of sp³-hybridized carbons (Fsp3) is 0.118. The lowest BCUT2D eigenvalue weighted by atomic mass is 9.33. The minimum atomic E-state index is -0.782. The molecule has 15 aromatic carbocycles. The smallest absolute Gasteiger partial charge is 0.252 e. The lowest BCUT2D eigenvalue weighted by molar-refractivity contribution is 0.590. The van der Waals surface area contributed by atoms with Gasteiger partial charge in [-0.05, 0) is 179 Å². The zero-order valence-electron chi connectivity index (χ0n) is 77.0.